The van der Waals surface area contributed by atoms with Crippen LogP contribution < -0.4 is 4.90 Å². The minimum Gasteiger partial charge on any atom is -0.443 e. The number of nitriles is 1. The molecule has 3 heterocycles. The molecule has 3 aromatic rings. The largest absolute Gasteiger partial charge is 0.443 e. The zero-order valence-electron chi connectivity index (χ0n) is 18.8. The highest BCUT2D eigenvalue weighted by Gasteiger charge is 2.30. The van der Waals surface area contributed by atoms with Crippen LogP contribution in [0.25, 0.3) is 11.3 Å². The first-order chi connectivity index (χ1) is 15.8. The first-order valence-electron chi connectivity index (χ1n) is 10.7. The number of aromatic nitrogens is 3. The van der Waals surface area contributed by atoms with Gasteiger partial charge in [-0.2, -0.15) is 5.26 Å². The van der Waals surface area contributed by atoms with Crippen molar-refractivity contribution < 1.29 is 14.6 Å². The molecule has 33 heavy (non-hydrogen) atoms. The second-order valence-electron chi connectivity index (χ2n) is 8.94. The molecule has 0 aliphatic heterocycles. The third-order valence-corrected chi connectivity index (χ3v) is 5.07. The zero-order valence-corrected chi connectivity index (χ0v) is 18.8. The standard InChI is InChI=1S/C25H25N5O3/c1-25(2,3)33-24(32)30(22-10-16(13-26)8-9-27-22)23-12-19(17-4-5-17)11-21(29-23)18-6-7-20(15-31)28-14-18/h6-12,14,17,31H,4-5,15H2,1-3H3. The lowest BCUT2D eigenvalue weighted by Crippen LogP contribution is -2.35. The summed E-state index contributed by atoms with van der Waals surface area (Å²) in [5.74, 6) is 1.01. The van der Waals surface area contributed by atoms with Crippen LogP contribution in [0.2, 0.25) is 0 Å². The van der Waals surface area contributed by atoms with Crippen LogP contribution in [0.5, 0.6) is 0 Å². The Bertz CT molecular complexity index is 1210. The van der Waals surface area contributed by atoms with Crippen molar-refractivity contribution in [1.82, 2.24) is 15.0 Å². The van der Waals surface area contributed by atoms with E-state index in [0.717, 1.165) is 24.0 Å². The summed E-state index contributed by atoms with van der Waals surface area (Å²) in [6.07, 6.45) is 4.64. The molecule has 3 aromatic heterocycles. The number of aliphatic hydroxyl groups is 1. The summed E-state index contributed by atoms with van der Waals surface area (Å²) in [4.78, 5) is 27.9. The molecule has 0 unspecified atom stereocenters. The van der Waals surface area contributed by atoms with Crippen molar-refractivity contribution in [2.24, 2.45) is 0 Å². The number of rotatable bonds is 5. The van der Waals surface area contributed by atoms with E-state index in [1.54, 1.807) is 39.1 Å². The molecule has 0 saturated heterocycles. The van der Waals surface area contributed by atoms with Gasteiger partial charge in [0.15, 0.2) is 0 Å². The van der Waals surface area contributed by atoms with E-state index in [1.165, 1.54) is 17.2 Å². The van der Waals surface area contributed by atoms with Crippen molar-refractivity contribution in [1.29, 1.82) is 5.26 Å². The molecule has 1 N–H and O–H groups in total. The van der Waals surface area contributed by atoms with Crippen LogP contribution in [0, 0.1) is 11.3 Å². The summed E-state index contributed by atoms with van der Waals surface area (Å²) in [5.41, 5.74) is 2.67. The van der Waals surface area contributed by atoms with E-state index >= 15 is 0 Å². The van der Waals surface area contributed by atoms with E-state index in [4.69, 9.17) is 9.72 Å². The molecule has 1 aliphatic carbocycles. The number of hydrogen-bond acceptors (Lipinski definition) is 7. The third-order valence-electron chi connectivity index (χ3n) is 5.07. The predicted molar refractivity (Wildman–Crippen MR) is 123 cm³/mol. The fourth-order valence-corrected chi connectivity index (χ4v) is 3.34. The van der Waals surface area contributed by atoms with Crippen LogP contribution in [0.15, 0.2) is 48.8 Å². The zero-order chi connectivity index (χ0) is 23.6. The predicted octanol–water partition coefficient (Wildman–Crippen LogP) is 4.85. The summed E-state index contributed by atoms with van der Waals surface area (Å²) < 4.78 is 5.66. The Kier molecular flexibility index (Phi) is 6.07. The number of hydrogen-bond donors (Lipinski definition) is 1. The number of nitrogens with zero attached hydrogens (tertiary/aromatic N) is 5. The molecule has 0 aromatic carbocycles. The minimum atomic E-state index is -0.733. The highest BCUT2D eigenvalue weighted by atomic mass is 16.6. The van der Waals surface area contributed by atoms with Gasteiger partial charge in [0, 0.05) is 18.0 Å². The topological polar surface area (TPSA) is 112 Å². The Morgan fingerprint density at radius 1 is 1.18 bits per heavy atom. The van der Waals surface area contributed by atoms with Crippen LogP contribution in [0.4, 0.5) is 16.4 Å². The number of pyridine rings is 3. The summed E-state index contributed by atoms with van der Waals surface area (Å²) in [5, 5.41) is 18.6. The third kappa shape index (κ3) is 5.33. The average Bonchev–Trinajstić information content (AvgIpc) is 3.64. The van der Waals surface area contributed by atoms with E-state index in [0.29, 0.717) is 28.7 Å². The molecule has 1 amide bonds. The van der Waals surface area contributed by atoms with Crippen molar-refractivity contribution in [3.05, 3.63) is 65.6 Å². The SMILES string of the molecule is CC(C)(C)OC(=O)N(c1cc(C#N)ccn1)c1cc(C2CC2)cc(-c2ccc(CO)nc2)n1. The second-order valence-corrected chi connectivity index (χ2v) is 8.94. The smallest absolute Gasteiger partial charge is 0.421 e. The lowest BCUT2D eigenvalue weighted by molar-refractivity contribution is 0.0597. The number of carbonyl (C=O) groups excluding carboxylic acids is 1. The van der Waals surface area contributed by atoms with Gasteiger partial charge >= 0.3 is 6.09 Å². The Hall–Kier alpha value is -3.83. The molecule has 1 aliphatic rings. The monoisotopic (exact) mass is 443 g/mol. The van der Waals surface area contributed by atoms with Crippen LogP contribution in [-0.4, -0.2) is 31.8 Å². The Labute approximate surface area is 192 Å². The van der Waals surface area contributed by atoms with Gasteiger partial charge in [-0.3, -0.25) is 4.98 Å². The molecular weight excluding hydrogens is 418 g/mol. The van der Waals surface area contributed by atoms with Gasteiger partial charge in [0.1, 0.15) is 17.2 Å². The maximum Gasteiger partial charge on any atom is 0.421 e. The van der Waals surface area contributed by atoms with Crippen LogP contribution in [-0.2, 0) is 11.3 Å². The second kappa shape index (κ2) is 8.96. The molecule has 8 heteroatoms. The van der Waals surface area contributed by atoms with Crippen LogP contribution >= 0.6 is 0 Å². The quantitative estimate of drug-likeness (QED) is 0.599. The van der Waals surface area contributed by atoms with Crippen LogP contribution in [0.3, 0.4) is 0 Å². The molecule has 4 rings (SSSR count). The van der Waals surface area contributed by atoms with E-state index < -0.39 is 11.7 Å². The molecule has 8 nitrogen and oxygen atoms in total. The van der Waals surface area contributed by atoms with Gasteiger partial charge in [-0.05, 0) is 81.5 Å². The molecule has 168 valence electrons. The summed E-state index contributed by atoms with van der Waals surface area (Å²) in [7, 11) is 0. The van der Waals surface area contributed by atoms with Gasteiger partial charge in [0.2, 0.25) is 0 Å². The molecule has 1 saturated carbocycles. The van der Waals surface area contributed by atoms with Crippen LogP contribution in [0.1, 0.15) is 56.4 Å². The summed E-state index contributed by atoms with van der Waals surface area (Å²) >= 11 is 0. The fourth-order valence-electron chi connectivity index (χ4n) is 3.34. The van der Waals surface area contributed by atoms with Gasteiger partial charge in [-0.25, -0.2) is 19.7 Å². The first kappa shape index (κ1) is 22.4. The van der Waals surface area contributed by atoms with E-state index in [2.05, 4.69) is 16.0 Å². The van der Waals surface area contributed by atoms with Gasteiger partial charge in [0.25, 0.3) is 0 Å². The summed E-state index contributed by atoms with van der Waals surface area (Å²) in [6.45, 7) is 5.22. The first-order valence-corrected chi connectivity index (χ1v) is 10.7. The molecule has 1 fully saturated rings. The maximum atomic E-state index is 13.3. The fraction of sp³-hybridized carbons (Fsp3) is 0.320. The molecule has 0 spiro atoms. The minimum absolute atomic E-state index is 0.144. The Morgan fingerprint density at radius 3 is 2.58 bits per heavy atom. The average molecular weight is 444 g/mol. The summed E-state index contributed by atoms with van der Waals surface area (Å²) in [6, 6.07) is 12.6. The van der Waals surface area contributed by atoms with Crippen molar-refractivity contribution >= 4 is 17.7 Å². The number of anilines is 2. The van der Waals surface area contributed by atoms with Crippen molar-refractivity contribution in [2.75, 3.05) is 4.90 Å². The molecule has 0 bridgehead atoms. The highest BCUT2D eigenvalue weighted by molar-refractivity contribution is 5.94. The van der Waals surface area contributed by atoms with Crippen molar-refractivity contribution in [3.8, 4) is 17.3 Å². The van der Waals surface area contributed by atoms with Crippen molar-refractivity contribution in [2.45, 2.75) is 51.7 Å². The lowest BCUT2D eigenvalue weighted by Gasteiger charge is -2.27. The maximum absolute atomic E-state index is 13.3. The normalized spacial score (nSPS) is 13.3. The van der Waals surface area contributed by atoms with Gasteiger partial charge in [-0.15, -0.1) is 0 Å². The Morgan fingerprint density at radius 2 is 1.97 bits per heavy atom. The number of ether oxygens (including phenoxy) is 1. The number of carbonyl (C=O) groups is 1. The highest BCUT2D eigenvalue weighted by Crippen LogP contribution is 2.42. The van der Waals surface area contributed by atoms with Gasteiger partial charge < -0.3 is 9.84 Å². The van der Waals surface area contributed by atoms with E-state index in [9.17, 15) is 15.2 Å². The Balaban J connectivity index is 1.85. The molecule has 0 radical (unpaired) electrons. The molecular formula is C25H25N5O3. The van der Waals surface area contributed by atoms with Gasteiger partial charge in [0.05, 0.1) is 29.6 Å². The number of amides is 1. The van der Waals surface area contributed by atoms with Crippen molar-refractivity contribution in [3.63, 3.8) is 0 Å². The lowest BCUT2D eigenvalue weighted by atomic mass is 10.1. The molecule has 0 atom stereocenters. The van der Waals surface area contributed by atoms with Gasteiger partial charge in [-0.1, -0.05) is 0 Å². The number of aliphatic hydroxyl groups excluding tert-OH is 1. The van der Waals surface area contributed by atoms with E-state index in [-0.39, 0.29) is 12.4 Å². The van der Waals surface area contributed by atoms with E-state index in [1.807, 2.05) is 18.2 Å².